The second kappa shape index (κ2) is 3.50. The molecule has 1 unspecified atom stereocenters. The summed E-state index contributed by atoms with van der Waals surface area (Å²) < 4.78 is 5.13. The lowest BCUT2D eigenvalue weighted by Gasteiger charge is -2.08. The van der Waals surface area contributed by atoms with Crippen LogP contribution < -0.4 is 5.32 Å². The van der Waals surface area contributed by atoms with Crippen LogP contribution in [-0.4, -0.2) is 17.7 Å². The highest BCUT2D eigenvalue weighted by atomic mass is 16.5. The number of rotatable bonds is 2. The van der Waals surface area contributed by atoms with E-state index in [9.17, 15) is 0 Å². The van der Waals surface area contributed by atoms with Gasteiger partial charge in [0.25, 0.3) is 0 Å². The fourth-order valence-corrected chi connectivity index (χ4v) is 1.97. The normalized spacial score (nSPS) is 22.5. The third-order valence-electron chi connectivity index (χ3n) is 2.79. The molecule has 1 atom stereocenters. The van der Waals surface area contributed by atoms with Gasteiger partial charge in [0.1, 0.15) is 5.76 Å². The topological polar surface area (TPSA) is 38.1 Å². The van der Waals surface area contributed by atoms with Gasteiger partial charge in [-0.25, -0.2) is 0 Å². The van der Waals surface area contributed by atoms with Crippen molar-refractivity contribution in [2.75, 3.05) is 6.54 Å². The van der Waals surface area contributed by atoms with E-state index in [0.29, 0.717) is 6.04 Å². The molecule has 0 aromatic carbocycles. The Morgan fingerprint density at radius 3 is 2.92 bits per heavy atom. The molecule has 1 aliphatic rings. The predicted octanol–water partition coefficient (Wildman–Crippen LogP) is 1.59. The number of aromatic nitrogens is 1. The summed E-state index contributed by atoms with van der Waals surface area (Å²) in [6.07, 6.45) is 3.65. The standard InChI is InChI=1S/C10H16N2O/c1-7-10(8(2)13-12-7)6-9-4-3-5-11-9/h9,11H,3-6H2,1-2H3. The van der Waals surface area contributed by atoms with E-state index in [1.807, 2.05) is 13.8 Å². The van der Waals surface area contributed by atoms with E-state index in [0.717, 1.165) is 24.4 Å². The molecule has 0 amide bonds. The van der Waals surface area contributed by atoms with Gasteiger partial charge in [0.2, 0.25) is 0 Å². The second-order valence-corrected chi connectivity index (χ2v) is 3.80. The highest BCUT2D eigenvalue weighted by molar-refractivity contribution is 5.22. The lowest BCUT2D eigenvalue weighted by atomic mass is 10.0. The van der Waals surface area contributed by atoms with Crippen molar-refractivity contribution in [3.63, 3.8) is 0 Å². The minimum Gasteiger partial charge on any atom is -0.361 e. The average Bonchev–Trinajstić information content (AvgIpc) is 2.70. The molecule has 0 bridgehead atoms. The molecule has 0 saturated carbocycles. The molecule has 2 rings (SSSR count). The summed E-state index contributed by atoms with van der Waals surface area (Å²) >= 11 is 0. The van der Waals surface area contributed by atoms with Crippen molar-refractivity contribution < 1.29 is 4.52 Å². The molecule has 13 heavy (non-hydrogen) atoms. The van der Waals surface area contributed by atoms with Crippen LogP contribution >= 0.6 is 0 Å². The van der Waals surface area contributed by atoms with Gasteiger partial charge in [-0.3, -0.25) is 0 Å². The van der Waals surface area contributed by atoms with E-state index >= 15 is 0 Å². The van der Waals surface area contributed by atoms with Gasteiger partial charge in [-0.05, 0) is 39.7 Å². The van der Waals surface area contributed by atoms with E-state index < -0.39 is 0 Å². The fraction of sp³-hybridized carbons (Fsp3) is 0.700. The fourth-order valence-electron chi connectivity index (χ4n) is 1.97. The molecule has 1 aliphatic heterocycles. The molecular weight excluding hydrogens is 164 g/mol. The second-order valence-electron chi connectivity index (χ2n) is 3.80. The van der Waals surface area contributed by atoms with Gasteiger partial charge < -0.3 is 9.84 Å². The number of nitrogens with zero attached hydrogens (tertiary/aromatic N) is 1. The quantitative estimate of drug-likeness (QED) is 0.751. The predicted molar refractivity (Wildman–Crippen MR) is 50.7 cm³/mol. The molecule has 1 aromatic rings. The minimum atomic E-state index is 0.636. The van der Waals surface area contributed by atoms with Crippen molar-refractivity contribution in [2.24, 2.45) is 0 Å². The molecule has 3 heteroatoms. The smallest absolute Gasteiger partial charge is 0.137 e. The first-order valence-electron chi connectivity index (χ1n) is 4.92. The summed E-state index contributed by atoms with van der Waals surface area (Å²) in [5, 5.41) is 7.44. The molecule has 1 fully saturated rings. The zero-order valence-electron chi connectivity index (χ0n) is 8.26. The van der Waals surface area contributed by atoms with Crippen molar-refractivity contribution in [3.8, 4) is 0 Å². The average molecular weight is 180 g/mol. The van der Waals surface area contributed by atoms with Crippen molar-refractivity contribution in [1.29, 1.82) is 0 Å². The Hall–Kier alpha value is -0.830. The molecule has 0 radical (unpaired) electrons. The molecule has 3 nitrogen and oxygen atoms in total. The van der Waals surface area contributed by atoms with Crippen molar-refractivity contribution in [2.45, 2.75) is 39.2 Å². The monoisotopic (exact) mass is 180 g/mol. The summed E-state index contributed by atoms with van der Waals surface area (Å²) in [7, 11) is 0. The molecule has 72 valence electrons. The molecular formula is C10H16N2O. The van der Waals surface area contributed by atoms with Crippen LogP contribution in [0.1, 0.15) is 29.9 Å². The van der Waals surface area contributed by atoms with Gasteiger partial charge in [-0.15, -0.1) is 0 Å². The van der Waals surface area contributed by atoms with Gasteiger partial charge in [0.05, 0.1) is 5.69 Å². The van der Waals surface area contributed by atoms with Crippen LogP contribution in [0.25, 0.3) is 0 Å². The van der Waals surface area contributed by atoms with Crippen molar-refractivity contribution in [1.82, 2.24) is 10.5 Å². The van der Waals surface area contributed by atoms with Crippen LogP contribution in [-0.2, 0) is 6.42 Å². The van der Waals surface area contributed by atoms with Gasteiger partial charge in [0.15, 0.2) is 0 Å². The third kappa shape index (κ3) is 1.75. The summed E-state index contributed by atoms with van der Waals surface area (Å²) in [4.78, 5) is 0. The Bertz CT molecular complexity index is 268. The van der Waals surface area contributed by atoms with Crippen LogP contribution in [0.15, 0.2) is 4.52 Å². The Labute approximate surface area is 78.5 Å². The maximum Gasteiger partial charge on any atom is 0.137 e. The Morgan fingerprint density at radius 2 is 2.38 bits per heavy atom. The molecule has 1 saturated heterocycles. The lowest BCUT2D eigenvalue weighted by molar-refractivity contribution is 0.391. The maximum atomic E-state index is 5.13. The zero-order chi connectivity index (χ0) is 9.26. The first-order chi connectivity index (χ1) is 6.27. The van der Waals surface area contributed by atoms with Crippen LogP contribution in [0, 0.1) is 13.8 Å². The third-order valence-corrected chi connectivity index (χ3v) is 2.79. The summed E-state index contributed by atoms with van der Waals surface area (Å²) in [6.45, 7) is 5.17. The maximum absolute atomic E-state index is 5.13. The summed E-state index contributed by atoms with van der Waals surface area (Å²) in [6, 6.07) is 0.636. The molecule has 2 heterocycles. The van der Waals surface area contributed by atoms with Gasteiger partial charge in [0, 0.05) is 11.6 Å². The van der Waals surface area contributed by atoms with Gasteiger partial charge >= 0.3 is 0 Å². The molecule has 1 aromatic heterocycles. The van der Waals surface area contributed by atoms with Gasteiger partial charge in [-0.1, -0.05) is 5.16 Å². The first-order valence-corrected chi connectivity index (χ1v) is 4.92. The Balaban J connectivity index is 2.07. The minimum absolute atomic E-state index is 0.636. The molecule has 0 aliphatic carbocycles. The van der Waals surface area contributed by atoms with E-state index in [2.05, 4.69) is 10.5 Å². The highest BCUT2D eigenvalue weighted by Gasteiger charge is 2.18. The summed E-state index contributed by atoms with van der Waals surface area (Å²) in [5.41, 5.74) is 2.34. The molecule has 0 spiro atoms. The highest BCUT2D eigenvalue weighted by Crippen LogP contribution is 2.18. The SMILES string of the molecule is Cc1noc(C)c1CC1CCCN1. The first kappa shape index (κ1) is 8.75. The molecule has 1 N–H and O–H groups in total. The van der Waals surface area contributed by atoms with Gasteiger partial charge in [-0.2, -0.15) is 0 Å². The number of nitrogens with one attached hydrogen (secondary N) is 1. The Morgan fingerprint density at radius 1 is 1.54 bits per heavy atom. The summed E-state index contributed by atoms with van der Waals surface area (Å²) in [5.74, 6) is 0.978. The number of hydrogen-bond acceptors (Lipinski definition) is 3. The van der Waals surface area contributed by atoms with E-state index in [-0.39, 0.29) is 0 Å². The number of aryl methyl sites for hydroxylation is 2. The van der Waals surface area contributed by atoms with E-state index in [4.69, 9.17) is 4.52 Å². The largest absolute Gasteiger partial charge is 0.361 e. The Kier molecular flexibility index (Phi) is 2.36. The van der Waals surface area contributed by atoms with Crippen LogP contribution in [0.3, 0.4) is 0 Å². The van der Waals surface area contributed by atoms with Crippen molar-refractivity contribution in [3.05, 3.63) is 17.0 Å². The van der Waals surface area contributed by atoms with Crippen LogP contribution in [0.5, 0.6) is 0 Å². The van der Waals surface area contributed by atoms with E-state index in [1.54, 1.807) is 0 Å². The zero-order valence-corrected chi connectivity index (χ0v) is 8.26. The van der Waals surface area contributed by atoms with Crippen LogP contribution in [0.2, 0.25) is 0 Å². The number of hydrogen-bond donors (Lipinski definition) is 1. The van der Waals surface area contributed by atoms with Crippen molar-refractivity contribution >= 4 is 0 Å². The lowest BCUT2D eigenvalue weighted by Crippen LogP contribution is -2.24. The van der Waals surface area contributed by atoms with Crippen LogP contribution in [0.4, 0.5) is 0 Å². The van der Waals surface area contributed by atoms with E-state index in [1.165, 1.54) is 18.4 Å².